The Morgan fingerprint density at radius 2 is 2.48 bits per heavy atom. The minimum absolute atomic E-state index is 0.00106. The van der Waals surface area contributed by atoms with Crippen LogP contribution >= 0.6 is 11.3 Å². The second-order valence-electron chi connectivity index (χ2n) is 5.75. The van der Waals surface area contributed by atoms with Gasteiger partial charge in [-0.2, -0.15) is 0 Å². The number of carbonyl (C=O) groups is 1. The number of aryl methyl sites for hydroxylation is 1. The van der Waals surface area contributed by atoms with E-state index >= 15 is 0 Å². The number of aromatic nitrogens is 2. The first kappa shape index (κ1) is 13.2. The predicted octanol–water partition coefficient (Wildman–Crippen LogP) is 0.794. The second kappa shape index (κ2) is 5.08. The summed E-state index contributed by atoms with van der Waals surface area (Å²) in [6.45, 7) is 4.97. The van der Waals surface area contributed by atoms with Gasteiger partial charge in [-0.05, 0) is 13.3 Å². The number of carbonyl (C=O) groups excluding carboxylic acids is 1. The van der Waals surface area contributed by atoms with E-state index in [9.17, 15) is 4.79 Å². The van der Waals surface area contributed by atoms with Crippen LogP contribution in [-0.4, -0.2) is 52.0 Å². The number of amides is 1. The van der Waals surface area contributed by atoms with Gasteiger partial charge in [0.2, 0.25) is 5.91 Å². The van der Waals surface area contributed by atoms with Gasteiger partial charge in [-0.3, -0.25) is 14.1 Å². The lowest BCUT2D eigenvalue weighted by Gasteiger charge is -2.41. The third-order valence-electron chi connectivity index (χ3n) is 4.34. The van der Waals surface area contributed by atoms with Crippen LogP contribution in [0.4, 0.5) is 0 Å². The Hall–Kier alpha value is -1.44. The number of hydrogen-bond acceptors (Lipinski definition) is 5. The van der Waals surface area contributed by atoms with Gasteiger partial charge >= 0.3 is 0 Å². The first-order valence-corrected chi connectivity index (χ1v) is 8.13. The zero-order valence-corrected chi connectivity index (χ0v) is 12.7. The number of morpholine rings is 1. The fraction of sp³-hybridized carbons (Fsp3) is 0.571. The maximum Gasteiger partial charge on any atom is 0.246 e. The summed E-state index contributed by atoms with van der Waals surface area (Å²) in [6.07, 6.45) is 3.22. The van der Waals surface area contributed by atoms with Crippen LogP contribution in [0.2, 0.25) is 0 Å². The van der Waals surface area contributed by atoms with Crippen molar-refractivity contribution in [3.05, 3.63) is 23.0 Å². The van der Waals surface area contributed by atoms with Crippen LogP contribution in [-0.2, 0) is 16.1 Å². The summed E-state index contributed by atoms with van der Waals surface area (Å²) in [5.41, 5.74) is 2.33. The van der Waals surface area contributed by atoms with E-state index in [0.29, 0.717) is 0 Å². The van der Waals surface area contributed by atoms with E-state index in [-0.39, 0.29) is 24.7 Å². The highest BCUT2D eigenvalue weighted by Gasteiger charge is 2.35. The first-order valence-electron chi connectivity index (χ1n) is 7.25. The minimum atomic E-state index is -0.00106. The van der Waals surface area contributed by atoms with Gasteiger partial charge in [-0.15, -0.1) is 11.3 Å². The van der Waals surface area contributed by atoms with Crippen molar-refractivity contribution in [3.63, 3.8) is 0 Å². The monoisotopic (exact) mass is 306 g/mol. The number of ether oxygens (including phenoxy) is 1. The summed E-state index contributed by atoms with van der Waals surface area (Å²) in [6, 6.07) is 0.117. The van der Waals surface area contributed by atoms with E-state index in [1.54, 1.807) is 11.3 Å². The highest BCUT2D eigenvalue weighted by molar-refractivity contribution is 7.15. The molecular weight excluding hydrogens is 288 g/mol. The third-order valence-corrected chi connectivity index (χ3v) is 5.10. The van der Waals surface area contributed by atoms with E-state index in [4.69, 9.17) is 4.74 Å². The largest absolute Gasteiger partial charge is 0.366 e. The molecule has 21 heavy (non-hydrogen) atoms. The quantitative estimate of drug-likeness (QED) is 0.891. The topological polar surface area (TPSA) is 58.9 Å². The molecule has 6 nitrogen and oxygen atoms in total. The Labute approximate surface area is 126 Å². The summed E-state index contributed by atoms with van der Waals surface area (Å²) in [4.78, 5) is 19.5. The molecule has 2 aliphatic rings. The van der Waals surface area contributed by atoms with Gasteiger partial charge < -0.3 is 10.1 Å². The molecule has 2 fully saturated rings. The number of imidazole rings is 1. The molecule has 4 heterocycles. The maximum absolute atomic E-state index is 11.5. The van der Waals surface area contributed by atoms with Crippen molar-refractivity contribution in [1.29, 1.82) is 0 Å². The summed E-state index contributed by atoms with van der Waals surface area (Å²) in [7, 11) is 0. The van der Waals surface area contributed by atoms with Crippen LogP contribution < -0.4 is 5.32 Å². The van der Waals surface area contributed by atoms with Gasteiger partial charge in [0.15, 0.2) is 4.96 Å². The first-order chi connectivity index (χ1) is 10.2. The highest BCUT2D eigenvalue weighted by atomic mass is 32.1. The molecule has 1 amide bonds. The Morgan fingerprint density at radius 3 is 3.38 bits per heavy atom. The van der Waals surface area contributed by atoms with Gasteiger partial charge in [-0.1, -0.05) is 0 Å². The minimum Gasteiger partial charge on any atom is -0.366 e. The van der Waals surface area contributed by atoms with Crippen molar-refractivity contribution >= 4 is 22.2 Å². The normalized spacial score (nSPS) is 26.8. The Balaban J connectivity index is 1.51. The molecule has 0 saturated carbocycles. The molecule has 7 heteroatoms. The Kier molecular flexibility index (Phi) is 3.20. The maximum atomic E-state index is 11.5. The summed E-state index contributed by atoms with van der Waals surface area (Å²) < 4.78 is 7.77. The molecule has 0 radical (unpaired) electrons. The van der Waals surface area contributed by atoms with Crippen molar-refractivity contribution in [2.45, 2.75) is 32.0 Å². The van der Waals surface area contributed by atoms with Crippen molar-refractivity contribution in [2.75, 3.05) is 19.7 Å². The molecule has 0 aromatic carbocycles. The van der Waals surface area contributed by atoms with E-state index < -0.39 is 0 Å². The molecule has 0 unspecified atom stereocenters. The van der Waals surface area contributed by atoms with Crippen LogP contribution in [0.1, 0.15) is 17.8 Å². The van der Waals surface area contributed by atoms with Gasteiger partial charge in [-0.25, -0.2) is 4.98 Å². The number of nitrogens with one attached hydrogen (secondary N) is 1. The summed E-state index contributed by atoms with van der Waals surface area (Å²) in [5, 5.41) is 5.11. The molecule has 2 saturated heterocycles. The van der Waals surface area contributed by atoms with Gasteiger partial charge in [0.25, 0.3) is 0 Å². The highest BCUT2D eigenvalue weighted by Crippen LogP contribution is 2.22. The lowest BCUT2D eigenvalue weighted by molar-refractivity contribution is -0.140. The molecule has 0 bridgehead atoms. The standard InChI is InChI=1S/C14H18N4O2S/c1-9-11(18-4-5-21-14(18)15-9)7-17-3-2-12-10(6-17)16-13(19)8-20-12/h4-5,10,12H,2-3,6-8H2,1H3,(H,16,19)/t10-,12+/m0/s1. The third kappa shape index (κ3) is 2.35. The molecule has 2 aromatic heterocycles. The van der Waals surface area contributed by atoms with Crippen molar-refractivity contribution in [2.24, 2.45) is 0 Å². The number of thiazole rings is 1. The van der Waals surface area contributed by atoms with Gasteiger partial charge in [0.05, 0.1) is 23.5 Å². The second-order valence-corrected chi connectivity index (χ2v) is 6.62. The molecule has 2 aliphatic heterocycles. The van der Waals surface area contributed by atoms with Crippen molar-refractivity contribution in [3.8, 4) is 0 Å². The lowest BCUT2D eigenvalue weighted by atomic mass is 10.0. The van der Waals surface area contributed by atoms with Crippen LogP contribution in [0.5, 0.6) is 0 Å². The van der Waals surface area contributed by atoms with Crippen molar-refractivity contribution in [1.82, 2.24) is 19.6 Å². The van der Waals surface area contributed by atoms with Crippen LogP contribution in [0.15, 0.2) is 11.6 Å². The molecule has 2 aromatic rings. The molecular formula is C14H18N4O2S. The van der Waals surface area contributed by atoms with Crippen molar-refractivity contribution < 1.29 is 9.53 Å². The fourth-order valence-electron chi connectivity index (χ4n) is 3.25. The number of fused-ring (bicyclic) bond motifs is 2. The van der Waals surface area contributed by atoms with Crippen LogP contribution in [0, 0.1) is 6.92 Å². The number of piperidine rings is 1. The van der Waals surface area contributed by atoms with E-state index in [0.717, 1.165) is 36.7 Å². The molecule has 1 N–H and O–H groups in total. The van der Waals surface area contributed by atoms with Gasteiger partial charge in [0.1, 0.15) is 6.61 Å². The molecule has 4 rings (SSSR count). The smallest absolute Gasteiger partial charge is 0.246 e. The zero-order valence-electron chi connectivity index (χ0n) is 11.9. The average Bonchev–Trinajstić information content (AvgIpc) is 3.02. The predicted molar refractivity (Wildman–Crippen MR) is 79.4 cm³/mol. The molecule has 2 atom stereocenters. The van der Waals surface area contributed by atoms with E-state index in [2.05, 4.69) is 38.1 Å². The zero-order chi connectivity index (χ0) is 14.4. The number of nitrogens with zero attached hydrogens (tertiary/aromatic N) is 3. The number of rotatable bonds is 2. The average molecular weight is 306 g/mol. The SMILES string of the molecule is Cc1nc2sccn2c1CN1CC[C@H]2OCC(=O)N[C@H]2C1. The summed E-state index contributed by atoms with van der Waals surface area (Å²) >= 11 is 1.66. The Bertz CT molecular complexity index is 680. The lowest BCUT2D eigenvalue weighted by Crippen LogP contribution is -2.60. The van der Waals surface area contributed by atoms with Crippen LogP contribution in [0.3, 0.4) is 0 Å². The fourth-order valence-corrected chi connectivity index (χ4v) is 4.03. The van der Waals surface area contributed by atoms with E-state index in [1.165, 1.54) is 5.69 Å². The number of hydrogen-bond donors (Lipinski definition) is 1. The Morgan fingerprint density at radius 1 is 1.57 bits per heavy atom. The van der Waals surface area contributed by atoms with Crippen LogP contribution in [0.25, 0.3) is 4.96 Å². The molecule has 112 valence electrons. The van der Waals surface area contributed by atoms with Gasteiger partial charge in [0, 0.05) is 31.2 Å². The molecule has 0 spiro atoms. The van der Waals surface area contributed by atoms with E-state index in [1.807, 2.05) is 0 Å². The number of likely N-dealkylation sites (tertiary alicyclic amines) is 1. The summed E-state index contributed by atoms with van der Waals surface area (Å²) in [5.74, 6) is -0.00106. The molecule has 0 aliphatic carbocycles.